The number of aromatic nitrogens is 2. The molecule has 0 aliphatic carbocycles. The summed E-state index contributed by atoms with van der Waals surface area (Å²) in [6.45, 7) is 0. The molecular weight excluding hydrogens is 261 g/mol. The zero-order chi connectivity index (χ0) is 9.68. The van der Waals surface area contributed by atoms with Crippen LogP contribution in [0.15, 0.2) is 34.2 Å². The molecule has 0 saturated heterocycles. The molecule has 0 unspecified atom stereocenters. The molecular formula is C7H5BrN3NaO2. The molecule has 7 heteroatoms. The van der Waals surface area contributed by atoms with Crippen molar-refractivity contribution in [2.75, 3.05) is 0 Å². The van der Waals surface area contributed by atoms with Crippen molar-refractivity contribution in [1.82, 2.24) is 10.2 Å². The Kier molecular flexibility index (Phi) is 6.73. The van der Waals surface area contributed by atoms with Crippen molar-refractivity contribution in [3.8, 4) is 0 Å². The molecule has 5 nitrogen and oxygen atoms in total. The van der Waals surface area contributed by atoms with Gasteiger partial charge < -0.3 is 10.1 Å². The van der Waals surface area contributed by atoms with Gasteiger partial charge in [0.2, 0.25) is 0 Å². The molecule has 0 spiro atoms. The van der Waals surface area contributed by atoms with E-state index in [0.717, 1.165) is 20.7 Å². The molecule has 14 heavy (non-hydrogen) atoms. The van der Waals surface area contributed by atoms with Gasteiger partial charge in [0.15, 0.2) is 0 Å². The third-order valence-electron chi connectivity index (χ3n) is 1.40. The Morgan fingerprint density at radius 1 is 1.50 bits per heavy atom. The van der Waals surface area contributed by atoms with Crippen LogP contribution in [0.2, 0.25) is 0 Å². The van der Waals surface area contributed by atoms with Crippen molar-refractivity contribution in [2.24, 2.45) is 5.34 Å². The number of rotatable bonds is 0. The first kappa shape index (κ1) is 13.6. The van der Waals surface area contributed by atoms with Gasteiger partial charge in [-0.25, -0.2) is 0 Å². The fourth-order valence-corrected chi connectivity index (χ4v) is 1.27. The zero-order valence-electron chi connectivity index (χ0n) is 7.40. The molecule has 1 aromatic carbocycles. The van der Waals surface area contributed by atoms with E-state index in [9.17, 15) is 0 Å². The van der Waals surface area contributed by atoms with Crippen LogP contribution >= 0.6 is 15.9 Å². The van der Waals surface area contributed by atoms with Crippen molar-refractivity contribution in [2.45, 2.75) is 0 Å². The fourth-order valence-electron chi connectivity index (χ4n) is 0.909. The third kappa shape index (κ3) is 3.75. The van der Waals surface area contributed by atoms with Gasteiger partial charge in [-0.3, -0.25) is 5.10 Å². The summed E-state index contributed by atoms with van der Waals surface area (Å²) in [7, 11) is 0. The fraction of sp³-hybridized carbons (Fsp3) is 0. The van der Waals surface area contributed by atoms with Crippen LogP contribution in [-0.2, 0) is 0 Å². The summed E-state index contributed by atoms with van der Waals surface area (Å²) in [5.41, 5.74) is 1.06. The van der Waals surface area contributed by atoms with E-state index in [2.05, 4.69) is 26.1 Å². The van der Waals surface area contributed by atoms with E-state index in [1.807, 2.05) is 24.4 Å². The normalized spacial score (nSPS) is 8.36. The molecule has 1 aromatic heterocycles. The summed E-state index contributed by atoms with van der Waals surface area (Å²) in [5, 5.41) is 16.9. The predicted octanol–water partition coefficient (Wildman–Crippen LogP) is -0.420. The van der Waals surface area contributed by atoms with Gasteiger partial charge in [0.25, 0.3) is 0 Å². The van der Waals surface area contributed by atoms with E-state index in [1.165, 1.54) is 0 Å². The maximum atomic E-state index is 8.00. The van der Waals surface area contributed by atoms with Gasteiger partial charge in [-0.2, -0.15) is 5.10 Å². The van der Waals surface area contributed by atoms with Gasteiger partial charge in [-0.15, -0.1) is 5.34 Å². The summed E-state index contributed by atoms with van der Waals surface area (Å²) < 4.78 is 1.07. The van der Waals surface area contributed by atoms with Gasteiger partial charge in [0.05, 0.1) is 11.7 Å². The SMILES string of the molecule is Brc1ccc2cn[nH]c2c1.O=N[O-].[Na+]. The summed E-state index contributed by atoms with van der Waals surface area (Å²) in [6, 6.07) is 6.02. The zero-order valence-corrected chi connectivity index (χ0v) is 11.0. The Morgan fingerprint density at radius 3 is 2.79 bits per heavy atom. The van der Waals surface area contributed by atoms with E-state index in [0.29, 0.717) is 0 Å². The summed E-state index contributed by atoms with van der Waals surface area (Å²) >= 11 is 3.37. The number of aromatic amines is 1. The Bertz CT molecular complexity index is 406. The number of fused-ring (bicyclic) bond motifs is 1. The van der Waals surface area contributed by atoms with Crippen LogP contribution in [0.25, 0.3) is 10.9 Å². The Morgan fingerprint density at radius 2 is 2.14 bits per heavy atom. The second-order valence-electron chi connectivity index (χ2n) is 2.18. The quantitative estimate of drug-likeness (QED) is 0.399. The number of hydrogen-bond acceptors (Lipinski definition) is 4. The molecule has 0 aliphatic heterocycles. The summed E-state index contributed by atoms with van der Waals surface area (Å²) in [4.78, 5) is 8.00. The second kappa shape index (κ2) is 6.94. The molecule has 1 N–H and O–H groups in total. The first-order chi connectivity index (χ1) is 6.27. The molecule has 0 amide bonds. The molecule has 68 valence electrons. The van der Waals surface area contributed by atoms with Crippen molar-refractivity contribution in [3.05, 3.63) is 39.0 Å². The van der Waals surface area contributed by atoms with E-state index in [-0.39, 0.29) is 29.6 Å². The van der Waals surface area contributed by atoms with E-state index >= 15 is 0 Å². The number of nitrogens with zero attached hydrogens (tertiary/aromatic N) is 2. The van der Waals surface area contributed by atoms with Crippen LogP contribution in [0.5, 0.6) is 0 Å². The van der Waals surface area contributed by atoms with Crippen molar-refractivity contribution in [3.63, 3.8) is 0 Å². The molecule has 0 saturated carbocycles. The van der Waals surface area contributed by atoms with Crippen LogP contribution in [0.4, 0.5) is 0 Å². The largest absolute Gasteiger partial charge is 1.00 e. The van der Waals surface area contributed by atoms with Gasteiger partial charge in [-0.1, -0.05) is 22.0 Å². The summed E-state index contributed by atoms with van der Waals surface area (Å²) in [6.07, 6.45) is 1.81. The van der Waals surface area contributed by atoms with E-state index < -0.39 is 0 Å². The first-order valence-electron chi connectivity index (χ1n) is 3.31. The number of nitrogens with one attached hydrogen (secondary N) is 1. The first-order valence-corrected chi connectivity index (χ1v) is 4.11. The van der Waals surface area contributed by atoms with Crippen LogP contribution in [-0.4, -0.2) is 10.2 Å². The maximum Gasteiger partial charge on any atom is 1.00 e. The molecule has 1 heterocycles. The summed E-state index contributed by atoms with van der Waals surface area (Å²) in [5.74, 6) is 0. The minimum atomic E-state index is 0. The maximum absolute atomic E-state index is 8.00. The Hall–Kier alpha value is -0.430. The molecule has 0 bridgehead atoms. The predicted molar refractivity (Wildman–Crippen MR) is 53.0 cm³/mol. The van der Waals surface area contributed by atoms with Gasteiger partial charge in [0, 0.05) is 9.86 Å². The Labute approximate surface area is 110 Å². The number of halogens is 1. The number of H-pyrrole nitrogens is 1. The van der Waals surface area contributed by atoms with Crippen LogP contribution in [0.3, 0.4) is 0 Å². The molecule has 0 fully saturated rings. The number of benzene rings is 1. The molecule has 0 atom stereocenters. The third-order valence-corrected chi connectivity index (χ3v) is 1.90. The van der Waals surface area contributed by atoms with E-state index in [4.69, 9.17) is 10.1 Å². The van der Waals surface area contributed by atoms with Gasteiger partial charge >= 0.3 is 29.6 Å². The molecule has 2 rings (SSSR count). The van der Waals surface area contributed by atoms with Crippen molar-refractivity contribution < 1.29 is 29.6 Å². The number of hydrogen-bond donors (Lipinski definition) is 1. The second-order valence-corrected chi connectivity index (χ2v) is 3.09. The van der Waals surface area contributed by atoms with Crippen LogP contribution < -0.4 is 29.6 Å². The topological polar surface area (TPSA) is 81.2 Å². The smallest absolute Gasteiger partial charge is 0.444 e. The average Bonchev–Trinajstić information content (AvgIpc) is 2.52. The monoisotopic (exact) mass is 265 g/mol. The molecule has 0 aliphatic rings. The minimum absolute atomic E-state index is 0. The van der Waals surface area contributed by atoms with Crippen LogP contribution in [0, 0.1) is 10.1 Å². The standard InChI is InChI=1S/C7H5BrN2.HNO2.Na/c8-6-2-1-5-4-9-10-7(5)3-6;2-1-3;/h1-4H,(H,9,10);(H,2,3);/q;;+1/p-1. The average molecular weight is 266 g/mol. The molecule has 2 aromatic rings. The van der Waals surface area contributed by atoms with Crippen molar-refractivity contribution in [1.29, 1.82) is 0 Å². The Balaban J connectivity index is 0.000000381. The van der Waals surface area contributed by atoms with E-state index in [1.54, 1.807) is 0 Å². The minimum Gasteiger partial charge on any atom is -0.444 e. The van der Waals surface area contributed by atoms with Crippen molar-refractivity contribution >= 4 is 26.8 Å². The molecule has 0 radical (unpaired) electrons. The van der Waals surface area contributed by atoms with Gasteiger partial charge in [0.1, 0.15) is 0 Å². The van der Waals surface area contributed by atoms with Crippen LogP contribution in [0.1, 0.15) is 0 Å². The van der Waals surface area contributed by atoms with Gasteiger partial charge in [-0.05, 0) is 12.1 Å².